The molecular formula is C16H18ClN3O4. The van der Waals surface area contributed by atoms with Crippen molar-refractivity contribution in [3.05, 3.63) is 40.7 Å². The van der Waals surface area contributed by atoms with Crippen LogP contribution in [0.4, 0.5) is 16.5 Å². The summed E-state index contributed by atoms with van der Waals surface area (Å²) in [5.41, 5.74) is 0.755. The van der Waals surface area contributed by atoms with E-state index in [1.54, 1.807) is 32.9 Å². The van der Waals surface area contributed by atoms with Crippen molar-refractivity contribution >= 4 is 35.3 Å². The molecule has 0 saturated heterocycles. The molecule has 1 heterocycles. The summed E-state index contributed by atoms with van der Waals surface area (Å²) in [4.78, 5) is 27.7. The molecule has 0 unspecified atom stereocenters. The van der Waals surface area contributed by atoms with E-state index < -0.39 is 17.6 Å². The fraction of sp³-hybridized carbons (Fsp3) is 0.312. The van der Waals surface area contributed by atoms with Crippen LogP contribution in [-0.4, -0.2) is 22.6 Å². The van der Waals surface area contributed by atoms with Crippen LogP contribution in [0.25, 0.3) is 0 Å². The Hall–Kier alpha value is -2.54. The van der Waals surface area contributed by atoms with Crippen LogP contribution in [0.15, 0.2) is 28.9 Å². The third kappa shape index (κ3) is 4.99. The monoisotopic (exact) mass is 351 g/mol. The minimum absolute atomic E-state index is 0.00127. The molecule has 7 nitrogen and oxygen atoms in total. The summed E-state index contributed by atoms with van der Waals surface area (Å²) < 4.78 is 10.1. The number of rotatable bonds is 3. The molecule has 2 rings (SSSR count). The zero-order valence-electron chi connectivity index (χ0n) is 13.8. The molecule has 0 fully saturated rings. The average molecular weight is 352 g/mol. The van der Waals surface area contributed by atoms with E-state index in [1.807, 2.05) is 13.0 Å². The third-order valence-electron chi connectivity index (χ3n) is 2.71. The molecule has 2 amide bonds. The van der Waals surface area contributed by atoms with Crippen molar-refractivity contribution in [1.29, 1.82) is 0 Å². The maximum absolute atomic E-state index is 12.2. The SMILES string of the molecule is Cc1ccc(Cl)c(NC(=O)c2coc(NC(=O)OC(C)(C)C)n2)c1. The highest BCUT2D eigenvalue weighted by Crippen LogP contribution is 2.23. The van der Waals surface area contributed by atoms with E-state index in [-0.39, 0.29) is 11.7 Å². The second kappa shape index (κ2) is 6.92. The zero-order chi connectivity index (χ0) is 17.9. The summed E-state index contributed by atoms with van der Waals surface area (Å²) in [7, 11) is 0. The number of aromatic nitrogens is 1. The summed E-state index contributed by atoms with van der Waals surface area (Å²) in [6.45, 7) is 7.07. The van der Waals surface area contributed by atoms with E-state index in [2.05, 4.69) is 15.6 Å². The molecule has 0 atom stereocenters. The number of carbonyl (C=O) groups excluding carboxylic acids is 2. The van der Waals surface area contributed by atoms with Crippen LogP contribution in [-0.2, 0) is 4.74 Å². The van der Waals surface area contributed by atoms with Crippen LogP contribution in [0.5, 0.6) is 0 Å². The van der Waals surface area contributed by atoms with E-state index in [4.69, 9.17) is 20.8 Å². The Balaban J connectivity index is 2.03. The molecule has 0 aliphatic heterocycles. The van der Waals surface area contributed by atoms with Gasteiger partial charge in [-0.3, -0.25) is 4.79 Å². The maximum Gasteiger partial charge on any atom is 0.415 e. The van der Waals surface area contributed by atoms with E-state index in [9.17, 15) is 9.59 Å². The topological polar surface area (TPSA) is 93.5 Å². The number of anilines is 2. The predicted molar refractivity (Wildman–Crippen MR) is 90.5 cm³/mol. The van der Waals surface area contributed by atoms with Gasteiger partial charge in [0, 0.05) is 0 Å². The van der Waals surface area contributed by atoms with Gasteiger partial charge in [-0.05, 0) is 45.4 Å². The first-order valence-corrected chi connectivity index (χ1v) is 7.55. The van der Waals surface area contributed by atoms with Crippen molar-refractivity contribution in [3.63, 3.8) is 0 Å². The first-order chi connectivity index (χ1) is 11.1. The number of amides is 2. The van der Waals surface area contributed by atoms with Gasteiger partial charge >= 0.3 is 12.1 Å². The van der Waals surface area contributed by atoms with E-state index in [1.165, 1.54) is 0 Å². The summed E-state index contributed by atoms with van der Waals surface area (Å²) in [5, 5.41) is 5.35. The number of oxazole rings is 1. The maximum atomic E-state index is 12.2. The highest BCUT2D eigenvalue weighted by atomic mass is 35.5. The Morgan fingerprint density at radius 1 is 1.25 bits per heavy atom. The fourth-order valence-corrected chi connectivity index (χ4v) is 1.91. The molecule has 0 bridgehead atoms. The standard InChI is InChI=1S/C16H18ClN3O4/c1-9-5-6-10(17)11(7-9)18-13(21)12-8-23-14(19-12)20-15(22)24-16(2,3)4/h5-8H,1-4H3,(H,18,21)(H,19,20,22). The average Bonchev–Trinajstić information content (AvgIpc) is 2.89. The van der Waals surface area contributed by atoms with Crippen LogP contribution in [0.1, 0.15) is 36.8 Å². The molecule has 1 aromatic carbocycles. The lowest BCUT2D eigenvalue weighted by Crippen LogP contribution is -2.27. The zero-order valence-corrected chi connectivity index (χ0v) is 14.5. The van der Waals surface area contributed by atoms with E-state index >= 15 is 0 Å². The third-order valence-corrected chi connectivity index (χ3v) is 3.04. The quantitative estimate of drug-likeness (QED) is 0.862. The molecule has 0 radical (unpaired) electrons. The van der Waals surface area contributed by atoms with Crippen molar-refractivity contribution in [2.45, 2.75) is 33.3 Å². The second-order valence-corrected chi connectivity index (χ2v) is 6.51. The molecule has 0 aliphatic carbocycles. The van der Waals surface area contributed by atoms with Crippen LogP contribution in [0.2, 0.25) is 5.02 Å². The van der Waals surface area contributed by atoms with Gasteiger partial charge in [-0.25, -0.2) is 10.1 Å². The fourth-order valence-electron chi connectivity index (χ4n) is 1.75. The van der Waals surface area contributed by atoms with Gasteiger partial charge in [0.15, 0.2) is 5.69 Å². The lowest BCUT2D eigenvalue weighted by Gasteiger charge is -2.18. The van der Waals surface area contributed by atoms with Gasteiger partial charge in [0.2, 0.25) is 0 Å². The first-order valence-electron chi connectivity index (χ1n) is 7.17. The number of ether oxygens (including phenoxy) is 1. The second-order valence-electron chi connectivity index (χ2n) is 6.10. The molecule has 0 aliphatic rings. The Kier molecular flexibility index (Phi) is 5.14. The van der Waals surface area contributed by atoms with Crippen LogP contribution >= 0.6 is 11.6 Å². The van der Waals surface area contributed by atoms with Crippen molar-refractivity contribution in [2.24, 2.45) is 0 Å². The van der Waals surface area contributed by atoms with Gasteiger partial charge in [0.05, 0.1) is 10.7 Å². The molecular weight excluding hydrogens is 334 g/mol. The number of aryl methyl sites for hydroxylation is 1. The van der Waals surface area contributed by atoms with Crippen LogP contribution < -0.4 is 10.6 Å². The Labute approximate surface area is 144 Å². The van der Waals surface area contributed by atoms with Crippen molar-refractivity contribution < 1.29 is 18.7 Å². The van der Waals surface area contributed by atoms with Gasteiger partial charge in [-0.15, -0.1) is 0 Å². The largest absolute Gasteiger partial charge is 0.443 e. The molecule has 24 heavy (non-hydrogen) atoms. The van der Waals surface area contributed by atoms with Crippen molar-refractivity contribution in [3.8, 4) is 0 Å². The van der Waals surface area contributed by atoms with Gasteiger partial charge in [-0.2, -0.15) is 4.98 Å². The first kappa shape index (κ1) is 17.8. The number of nitrogens with zero attached hydrogens (tertiary/aromatic N) is 1. The molecule has 128 valence electrons. The van der Waals surface area contributed by atoms with E-state index in [0.29, 0.717) is 10.7 Å². The van der Waals surface area contributed by atoms with Crippen LogP contribution in [0.3, 0.4) is 0 Å². The predicted octanol–water partition coefficient (Wildman–Crippen LogP) is 4.24. The lowest BCUT2D eigenvalue weighted by molar-refractivity contribution is 0.0631. The van der Waals surface area contributed by atoms with Gasteiger partial charge in [0.1, 0.15) is 11.9 Å². The lowest BCUT2D eigenvalue weighted by atomic mass is 10.2. The molecule has 1 aromatic heterocycles. The number of benzene rings is 1. The van der Waals surface area contributed by atoms with Crippen LogP contribution in [0, 0.1) is 6.92 Å². The minimum atomic E-state index is -0.724. The summed E-state index contributed by atoms with van der Waals surface area (Å²) in [5.74, 6) is -0.511. The van der Waals surface area contributed by atoms with Crippen molar-refractivity contribution in [2.75, 3.05) is 10.6 Å². The van der Waals surface area contributed by atoms with Crippen molar-refractivity contribution in [1.82, 2.24) is 4.98 Å². The summed E-state index contributed by atoms with van der Waals surface area (Å²) in [6, 6.07) is 5.12. The highest BCUT2D eigenvalue weighted by Gasteiger charge is 2.19. The van der Waals surface area contributed by atoms with Gasteiger partial charge in [-0.1, -0.05) is 17.7 Å². The number of hydrogen-bond acceptors (Lipinski definition) is 5. The molecule has 0 saturated carbocycles. The van der Waals surface area contributed by atoms with E-state index in [0.717, 1.165) is 11.8 Å². The van der Waals surface area contributed by atoms with Gasteiger partial charge < -0.3 is 14.5 Å². The Morgan fingerprint density at radius 2 is 1.96 bits per heavy atom. The summed E-state index contributed by atoms with van der Waals surface area (Å²) >= 11 is 6.03. The highest BCUT2D eigenvalue weighted by molar-refractivity contribution is 6.33. The molecule has 2 aromatic rings. The van der Waals surface area contributed by atoms with Gasteiger partial charge in [0.25, 0.3) is 5.91 Å². The molecule has 2 N–H and O–H groups in total. The Morgan fingerprint density at radius 3 is 2.62 bits per heavy atom. The number of halogens is 1. The minimum Gasteiger partial charge on any atom is -0.443 e. The smallest absolute Gasteiger partial charge is 0.415 e. The normalized spacial score (nSPS) is 11.0. The number of nitrogens with one attached hydrogen (secondary N) is 2. The number of hydrogen-bond donors (Lipinski definition) is 2. The Bertz CT molecular complexity index is 765. The molecule has 0 spiro atoms. The number of carbonyl (C=O) groups is 2. The summed E-state index contributed by atoms with van der Waals surface area (Å²) in [6.07, 6.45) is 0.407. The molecule has 8 heteroatoms.